The van der Waals surface area contributed by atoms with Gasteiger partial charge in [-0.1, -0.05) is 34.1 Å². The van der Waals surface area contributed by atoms with Crippen LogP contribution in [0.4, 0.5) is 10.5 Å². The van der Waals surface area contributed by atoms with Crippen molar-refractivity contribution in [2.45, 2.75) is 20.4 Å². The van der Waals surface area contributed by atoms with Crippen LogP contribution in [0.3, 0.4) is 0 Å². The number of halogens is 1. The molecular weight excluding hydrogens is 380 g/mol. The number of hydrogen-bond acceptors (Lipinski definition) is 2. The number of benzene rings is 2. The maximum absolute atomic E-state index is 12.0. The Bertz CT molecular complexity index is 946. The Balaban J connectivity index is 1.68. The number of hydrogen-bond donors (Lipinski definition) is 2. The van der Waals surface area contributed by atoms with Gasteiger partial charge in [-0.3, -0.25) is 0 Å². The summed E-state index contributed by atoms with van der Waals surface area (Å²) in [6, 6.07) is 13.4. The van der Waals surface area contributed by atoms with Crippen LogP contribution in [0.2, 0.25) is 0 Å². The molecule has 1 aromatic heterocycles. The van der Waals surface area contributed by atoms with Crippen LogP contribution in [0, 0.1) is 6.92 Å². The predicted molar refractivity (Wildman–Crippen MR) is 106 cm³/mol. The molecule has 0 radical (unpaired) electrons. The minimum atomic E-state index is -0.378. The van der Waals surface area contributed by atoms with Crippen LogP contribution in [0.1, 0.15) is 18.1 Å². The second-order valence-corrected chi connectivity index (χ2v) is 6.53. The molecule has 0 saturated carbocycles. The highest BCUT2D eigenvalue weighted by molar-refractivity contribution is 9.10. The highest BCUT2D eigenvalue weighted by atomic mass is 79.9. The lowest BCUT2D eigenvalue weighted by Gasteiger charge is -2.06. The van der Waals surface area contributed by atoms with E-state index in [1.54, 1.807) is 6.21 Å². The Morgan fingerprint density at radius 3 is 2.84 bits per heavy atom. The third kappa shape index (κ3) is 3.91. The van der Waals surface area contributed by atoms with E-state index in [2.05, 4.69) is 49.3 Å². The highest BCUT2D eigenvalue weighted by Gasteiger charge is 2.05. The third-order valence-electron chi connectivity index (χ3n) is 3.95. The van der Waals surface area contributed by atoms with Gasteiger partial charge >= 0.3 is 6.03 Å². The largest absolute Gasteiger partial charge is 0.347 e. The Labute approximate surface area is 154 Å². The molecule has 3 aromatic rings. The Morgan fingerprint density at radius 2 is 2.08 bits per heavy atom. The molecule has 0 aliphatic rings. The number of rotatable bonds is 4. The number of fused-ring (bicyclic) bond motifs is 1. The number of amides is 2. The summed E-state index contributed by atoms with van der Waals surface area (Å²) in [5.41, 5.74) is 6.40. The van der Waals surface area contributed by atoms with Gasteiger partial charge in [0.25, 0.3) is 0 Å². The molecule has 2 aromatic carbocycles. The number of aromatic nitrogens is 1. The first kappa shape index (κ1) is 17.2. The summed E-state index contributed by atoms with van der Waals surface area (Å²) in [4.78, 5) is 12.0. The molecule has 0 saturated heterocycles. The topological polar surface area (TPSA) is 58.4 Å². The number of aryl methyl sites for hydroxylation is 2. The molecule has 5 nitrogen and oxygen atoms in total. The van der Waals surface area contributed by atoms with E-state index < -0.39 is 0 Å². The second-order valence-electron chi connectivity index (χ2n) is 5.68. The zero-order chi connectivity index (χ0) is 17.8. The average molecular weight is 399 g/mol. The zero-order valence-corrected chi connectivity index (χ0v) is 15.7. The van der Waals surface area contributed by atoms with E-state index in [0.717, 1.165) is 38.7 Å². The van der Waals surface area contributed by atoms with Gasteiger partial charge in [-0.2, -0.15) is 5.10 Å². The monoisotopic (exact) mass is 398 g/mol. The molecule has 2 amide bonds. The van der Waals surface area contributed by atoms with Crippen molar-refractivity contribution in [2.24, 2.45) is 5.10 Å². The molecule has 0 aliphatic carbocycles. The summed E-state index contributed by atoms with van der Waals surface area (Å²) < 4.78 is 3.16. The fourth-order valence-electron chi connectivity index (χ4n) is 2.68. The molecule has 25 heavy (non-hydrogen) atoms. The van der Waals surface area contributed by atoms with Crippen LogP contribution >= 0.6 is 15.9 Å². The normalized spacial score (nSPS) is 11.2. The Hall–Kier alpha value is -2.60. The summed E-state index contributed by atoms with van der Waals surface area (Å²) in [5, 5.41) is 7.94. The van der Waals surface area contributed by atoms with Crippen LogP contribution in [0.15, 0.2) is 58.2 Å². The first-order valence-corrected chi connectivity index (χ1v) is 8.82. The van der Waals surface area contributed by atoms with Gasteiger partial charge in [-0.05, 0) is 43.7 Å². The van der Waals surface area contributed by atoms with E-state index in [1.807, 2.05) is 49.5 Å². The molecular formula is C19H19BrN4O. The maximum Gasteiger partial charge on any atom is 0.339 e. The molecule has 0 unspecified atom stereocenters. The van der Waals surface area contributed by atoms with Crippen molar-refractivity contribution >= 4 is 44.8 Å². The molecule has 0 bridgehead atoms. The van der Waals surface area contributed by atoms with Crippen LogP contribution < -0.4 is 10.7 Å². The molecule has 128 valence electrons. The van der Waals surface area contributed by atoms with Gasteiger partial charge < -0.3 is 9.88 Å². The molecule has 0 spiro atoms. The number of carbonyl (C=O) groups is 1. The van der Waals surface area contributed by atoms with Crippen molar-refractivity contribution in [3.05, 3.63) is 64.3 Å². The molecule has 3 rings (SSSR count). The smallest absolute Gasteiger partial charge is 0.339 e. The lowest BCUT2D eigenvalue weighted by Crippen LogP contribution is -2.24. The van der Waals surface area contributed by atoms with Crippen LogP contribution in [-0.4, -0.2) is 16.8 Å². The fraction of sp³-hybridized carbons (Fsp3) is 0.158. The average Bonchev–Trinajstić information content (AvgIpc) is 2.96. The van der Waals surface area contributed by atoms with Crippen LogP contribution in [0.25, 0.3) is 10.9 Å². The van der Waals surface area contributed by atoms with Crippen LogP contribution in [0.5, 0.6) is 0 Å². The minimum Gasteiger partial charge on any atom is -0.347 e. The second kappa shape index (κ2) is 7.53. The number of nitrogens with zero attached hydrogens (tertiary/aromatic N) is 2. The molecule has 6 heteroatoms. The number of hydrazone groups is 1. The van der Waals surface area contributed by atoms with Gasteiger partial charge in [0.05, 0.1) is 6.21 Å². The number of urea groups is 1. The first-order chi connectivity index (χ1) is 12.1. The third-order valence-corrected chi connectivity index (χ3v) is 4.84. The number of anilines is 1. The maximum atomic E-state index is 12.0. The van der Waals surface area contributed by atoms with Gasteiger partial charge in [0.15, 0.2) is 0 Å². The van der Waals surface area contributed by atoms with Crippen molar-refractivity contribution in [1.29, 1.82) is 0 Å². The summed E-state index contributed by atoms with van der Waals surface area (Å²) in [6.45, 7) is 4.94. The SMILES string of the molecule is CCn1cc(/C=N/NC(=O)Nc2ccc(Br)c(C)c2)c2ccccc21. The van der Waals surface area contributed by atoms with Gasteiger partial charge in [0.1, 0.15) is 0 Å². The van der Waals surface area contributed by atoms with Crippen LogP contribution in [-0.2, 0) is 6.54 Å². The standard InChI is InChI=1S/C19H19BrN4O/c1-3-24-12-14(16-6-4-5-7-18(16)24)11-21-23-19(25)22-15-8-9-17(20)13(2)10-15/h4-12H,3H2,1-2H3,(H2,22,23,25)/b21-11+. The molecule has 0 atom stereocenters. The Kier molecular flexibility index (Phi) is 5.19. The number of nitrogens with one attached hydrogen (secondary N) is 2. The zero-order valence-electron chi connectivity index (χ0n) is 14.1. The number of carbonyl (C=O) groups excluding carboxylic acids is 1. The summed E-state index contributed by atoms with van der Waals surface area (Å²) in [7, 11) is 0. The van der Waals surface area contributed by atoms with E-state index in [9.17, 15) is 4.79 Å². The van der Waals surface area contributed by atoms with Crippen molar-refractivity contribution in [1.82, 2.24) is 9.99 Å². The van der Waals surface area contributed by atoms with E-state index in [0.29, 0.717) is 0 Å². The lowest BCUT2D eigenvalue weighted by atomic mass is 10.2. The molecule has 2 N–H and O–H groups in total. The summed E-state index contributed by atoms with van der Waals surface area (Å²) in [5.74, 6) is 0. The molecule has 0 aliphatic heterocycles. The summed E-state index contributed by atoms with van der Waals surface area (Å²) >= 11 is 3.44. The van der Waals surface area contributed by atoms with Gasteiger partial charge in [0.2, 0.25) is 0 Å². The van der Waals surface area contributed by atoms with Crippen molar-refractivity contribution in [3.8, 4) is 0 Å². The fourth-order valence-corrected chi connectivity index (χ4v) is 2.93. The van der Waals surface area contributed by atoms with Gasteiger partial charge in [-0.25, -0.2) is 10.2 Å². The lowest BCUT2D eigenvalue weighted by molar-refractivity contribution is 0.252. The van der Waals surface area contributed by atoms with E-state index in [4.69, 9.17) is 0 Å². The molecule has 1 heterocycles. The van der Waals surface area contributed by atoms with Gasteiger partial charge in [-0.15, -0.1) is 0 Å². The van der Waals surface area contributed by atoms with Crippen molar-refractivity contribution < 1.29 is 4.79 Å². The number of para-hydroxylation sites is 1. The predicted octanol–water partition coefficient (Wildman–Crippen LogP) is 4.89. The minimum absolute atomic E-state index is 0.378. The Morgan fingerprint density at radius 1 is 1.28 bits per heavy atom. The van der Waals surface area contributed by atoms with Crippen molar-refractivity contribution in [3.63, 3.8) is 0 Å². The van der Waals surface area contributed by atoms with E-state index >= 15 is 0 Å². The van der Waals surface area contributed by atoms with Crippen molar-refractivity contribution in [2.75, 3.05) is 5.32 Å². The quantitative estimate of drug-likeness (QED) is 0.477. The van der Waals surface area contributed by atoms with E-state index in [-0.39, 0.29) is 6.03 Å². The highest BCUT2D eigenvalue weighted by Crippen LogP contribution is 2.20. The molecule has 0 fully saturated rings. The first-order valence-electron chi connectivity index (χ1n) is 8.02. The van der Waals surface area contributed by atoms with Gasteiger partial charge in [0, 0.05) is 39.4 Å². The summed E-state index contributed by atoms with van der Waals surface area (Å²) in [6.07, 6.45) is 3.70. The van der Waals surface area contributed by atoms with E-state index in [1.165, 1.54) is 0 Å².